The highest BCUT2D eigenvalue weighted by Crippen LogP contribution is 2.36. The molecule has 0 bridgehead atoms. The van der Waals surface area contributed by atoms with Crippen LogP contribution in [0.3, 0.4) is 0 Å². The molecule has 0 unspecified atom stereocenters. The molecule has 2 heterocycles. The molecule has 2 aliphatic rings. The van der Waals surface area contributed by atoms with Crippen molar-refractivity contribution in [2.75, 3.05) is 13.2 Å². The quantitative estimate of drug-likeness (QED) is 0.762. The van der Waals surface area contributed by atoms with Gasteiger partial charge >= 0.3 is 5.97 Å². The molecule has 138 valence electrons. The number of carbonyl (C=O) groups is 2. The van der Waals surface area contributed by atoms with Crippen LogP contribution < -0.4 is 0 Å². The number of imidazole rings is 1. The second kappa shape index (κ2) is 7.99. The molecule has 3 rings (SSSR count). The van der Waals surface area contributed by atoms with Gasteiger partial charge in [0.2, 0.25) is 5.91 Å². The number of likely N-dealkylation sites (tertiary alicyclic amines) is 1. The Morgan fingerprint density at radius 1 is 1.36 bits per heavy atom. The van der Waals surface area contributed by atoms with Crippen molar-refractivity contribution in [1.29, 1.82) is 0 Å². The van der Waals surface area contributed by atoms with Crippen LogP contribution in [-0.2, 0) is 21.4 Å². The minimum atomic E-state index is -0.868. The molecule has 0 radical (unpaired) electrons. The number of aromatic nitrogens is 2. The van der Waals surface area contributed by atoms with E-state index in [4.69, 9.17) is 4.74 Å². The summed E-state index contributed by atoms with van der Waals surface area (Å²) in [6, 6.07) is -0.509. The maximum Gasteiger partial charge on any atom is 0.309 e. The third-order valence-electron chi connectivity index (χ3n) is 5.35. The Kier molecular flexibility index (Phi) is 5.73. The lowest BCUT2D eigenvalue weighted by atomic mass is 9.88. The average Bonchev–Trinajstić information content (AvgIpc) is 3.23. The Balaban J connectivity index is 1.67. The fourth-order valence-corrected chi connectivity index (χ4v) is 4.00. The minimum absolute atomic E-state index is 0.00589. The van der Waals surface area contributed by atoms with Crippen molar-refractivity contribution < 1.29 is 19.4 Å². The normalized spacial score (nSPS) is 24.8. The first-order valence-electron chi connectivity index (χ1n) is 9.19. The molecule has 1 aliphatic carbocycles. The number of nitrogens with zero attached hydrogens (tertiary/aromatic N) is 3. The summed E-state index contributed by atoms with van der Waals surface area (Å²) in [5.41, 5.74) is 0. The van der Waals surface area contributed by atoms with E-state index in [1.807, 2.05) is 7.05 Å². The second-order valence-corrected chi connectivity index (χ2v) is 7.04. The number of ether oxygens (including phenoxy) is 1. The van der Waals surface area contributed by atoms with Crippen molar-refractivity contribution in [2.24, 2.45) is 13.0 Å². The van der Waals surface area contributed by atoms with Crippen LogP contribution >= 0.6 is 0 Å². The van der Waals surface area contributed by atoms with E-state index in [9.17, 15) is 14.7 Å². The third kappa shape index (κ3) is 4.03. The molecule has 1 aromatic heterocycles. The van der Waals surface area contributed by atoms with E-state index in [2.05, 4.69) is 4.98 Å². The molecule has 0 aromatic carbocycles. The maximum atomic E-state index is 12.5. The summed E-state index contributed by atoms with van der Waals surface area (Å²) < 4.78 is 7.68. The van der Waals surface area contributed by atoms with Gasteiger partial charge in [-0.2, -0.15) is 0 Å². The van der Waals surface area contributed by atoms with E-state index in [-0.39, 0.29) is 12.3 Å². The molecule has 1 aromatic rings. The van der Waals surface area contributed by atoms with Crippen LogP contribution in [0.15, 0.2) is 12.4 Å². The number of carbonyl (C=O) groups excluding carboxylic acids is 1. The first kappa shape index (κ1) is 17.9. The zero-order valence-electron chi connectivity index (χ0n) is 14.8. The Hall–Kier alpha value is -1.89. The van der Waals surface area contributed by atoms with E-state index in [0.717, 1.165) is 19.3 Å². The van der Waals surface area contributed by atoms with Crippen LogP contribution in [0.1, 0.15) is 56.8 Å². The summed E-state index contributed by atoms with van der Waals surface area (Å²) in [6.07, 6.45) is 9.86. The average molecular weight is 349 g/mol. The Morgan fingerprint density at radius 2 is 2.12 bits per heavy atom. The highest BCUT2D eigenvalue weighted by Gasteiger charge is 2.42. The predicted octanol–water partition coefficient (Wildman–Crippen LogP) is 2.13. The van der Waals surface area contributed by atoms with Crippen molar-refractivity contribution in [1.82, 2.24) is 14.5 Å². The van der Waals surface area contributed by atoms with Gasteiger partial charge in [0.15, 0.2) is 0 Å². The second-order valence-electron chi connectivity index (χ2n) is 7.04. The fourth-order valence-electron chi connectivity index (χ4n) is 4.00. The minimum Gasteiger partial charge on any atom is -0.481 e. The highest BCUT2D eigenvalue weighted by molar-refractivity contribution is 5.81. The summed E-state index contributed by atoms with van der Waals surface area (Å²) in [7, 11) is 1.84. The summed E-state index contributed by atoms with van der Waals surface area (Å²) in [5.74, 6) is -0.842. The van der Waals surface area contributed by atoms with Gasteiger partial charge in [-0.25, -0.2) is 4.98 Å². The maximum absolute atomic E-state index is 12.5. The zero-order chi connectivity index (χ0) is 17.8. The Bertz CT molecular complexity index is 609. The molecule has 2 atom stereocenters. The van der Waals surface area contributed by atoms with Crippen molar-refractivity contribution >= 4 is 11.9 Å². The lowest BCUT2D eigenvalue weighted by molar-refractivity contribution is -0.152. The molecular weight excluding hydrogens is 322 g/mol. The van der Waals surface area contributed by atoms with Crippen molar-refractivity contribution in [3.8, 4) is 0 Å². The number of rotatable bonds is 7. The van der Waals surface area contributed by atoms with E-state index in [1.165, 1.54) is 12.8 Å². The van der Waals surface area contributed by atoms with Crippen LogP contribution in [0.25, 0.3) is 0 Å². The molecule has 1 amide bonds. The molecule has 7 heteroatoms. The van der Waals surface area contributed by atoms with E-state index < -0.39 is 17.9 Å². The number of carboxylic acids is 1. The van der Waals surface area contributed by atoms with Gasteiger partial charge in [0.05, 0.1) is 12.0 Å². The van der Waals surface area contributed by atoms with Crippen LogP contribution in [0, 0.1) is 5.92 Å². The molecule has 25 heavy (non-hydrogen) atoms. The molecule has 7 nitrogen and oxygen atoms in total. The fraction of sp³-hybridized carbons (Fsp3) is 0.722. The Labute approximate surface area is 148 Å². The van der Waals surface area contributed by atoms with Gasteiger partial charge < -0.3 is 19.3 Å². The molecule has 2 fully saturated rings. The molecule has 1 saturated carbocycles. The van der Waals surface area contributed by atoms with Crippen molar-refractivity contribution in [3.63, 3.8) is 0 Å². The zero-order valence-corrected chi connectivity index (χ0v) is 14.8. The topological polar surface area (TPSA) is 84.7 Å². The first-order valence-corrected chi connectivity index (χ1v) is 9.19. The van der Waals surface area contributed by atoms with Crippen molar-refractivity contribution in [3.05, 3.63) is 18.2 Å². The van der Waals surface area contributed by atoms with Crippen molar-refractivity contribution in [2.45, 2.75) is 57.1 Å². The molecule has 1 saturated heterocycles. The molecule has 1 N–H and O–H groups in total. The highest BCUT2D eigenvalue weighted by atomic mass is 16.5. The van der Waals surface area contributed by atoms with Crippen LogP contribution in [-0.4, -0.2) is 50.7 Å². The van der Waals surface area contributed by atoms with Gasteiger partial charge in [-0.3, -0.25) is 9.59 Å². The standard InChI is InChI=1S/C18H27N3O4/c1-20-11-9-19-17(20)16-14(18(23)24)7-8-15(22)21(16)10-4-12-25-13-5-2-3-6-13/h9,11,13-14,16H,2-8,10,12H2,1H3,(H,23,24)/t14-,16+/m0/s1. The third-order valence-corrected chi connectivity index (χ3v) is 5.35. The SMILES string of the molecule is Cn1ccnc1[C@H]1[C@@H](C(=O)O)CCC(=O)N1CCCOC1CCCC1. The van der Waals surface area contributed by atoms with Gasteiger partial charge in [-0.05, 0) is 25.7 Å². The number of hydrogen-bond donors (Lipinski definition) is 1. The van der Waals surface area contributed by atoms with Crippen LogP contribution in [0.5, 0.6) is 0 Å². The molecule has 0 spiro atoms. The van der Waals surface area contributed by atoms with E-state index in [1.54, 1.807) is 21.9 Å². The largest absolute Gasteiger partial charge is 0.481 e. The summed E-state index contributed by atoms with van der Waals surface area (Å²) in [6.45, 7) is 1.12. The summed E-state index contributed by atoms with van der Waals surface area (Å²) >= 11 is 0. The van der Waals surface area contributed by atoms with E-state index in [0.29, 0.717) is 31.5 Å². The van der Waals surface area contributed by atoms with Crippen LogP contribution in [0.4, 0.5) is 0 Å². The van der Waals surface area contributed by atoms with Gasteiger partial charge in [-0.1, -0.05) is 12.8 Å². The van der Waals surface area contributed by atoms with Gasteiger partial charge in [0, 0.05) is 39.0 Å². The molecular formula is C18H27N3O4. The smallest absolute Gasteiger partial charge is 0.309 e. The number of aryl methyl sites for hydroxylation is 1. The lowest BCUT2D eigenvalue weighted by Crippen LogP contribution is -2.46. The van der Waals surface area contributed by atoms with Gasteiger partial charge in [-0.15, -0.1) is 0 Å². The molecule has 1 aliphatic heterocycles. The van der Waals surface area contributed by atoms with Gasteiger partial charge in [0.1, 0.15) is 11.9 Å². The number of aliphatic carboxylic acids is 1. The van der Waals surface area contributed by atoms with E-state index >= 15 is 0 Å². The number of piperidine rings is 1. The number of hydrogen-bond acceptors (Lipinski definition) is 4. The Morgan fingerprint density at radius 3 is 2.76 bits per heavy atom. The predicted molar refractivity (Wildman–Crippen MR) is 90.8 cm³/mol. The monoisotopic (exact) mass is 349 g/mol. The first-order chi connectivity index (χ1) is 12.1. The number of carboxylic acid groups (broad SMARTS) is 1. The van der Waals surface area contributed by atoms with Crippen LogP contribution in [0.2, 0.25) is 0 Å². The summed E-state index contributed by atoms with van der Waals surface area (Å²) in [5, 5.41) is 9.62. The number of amides is 1. The summed E-state index contributed by atoms with van der Waals surface area (Å²) in [4.78, 5) is 30.2. The van der Waals surface area contributed by atoms with Gasteiger partial charge in [0.25, 0.3) is 0 Å². The lowest BCUT2D eigenvalue weighted by Gasteiger charge is -2.39.